The molecule has 0 aromatic carbocycles. The van der Waals surface area contributed by atoms with Gasteiger partial charge in [0.15, 0.2) is 0 Å². The van der Waals surface area contributed by atoms with E-state index in [2.05, 4.69) is 6.92 Å². The van der Waals surface area contributed by atoms with E-state index >= 15 is 0 Å². The topological polar surface area (TPSA) is 70.8 Å². The average molecular weight is 291 g/mol. The van der Waals surface area contributed by atoms with Crippen LogP contribution in [0.25, 0.3) is 6.08 Å². The third-order valence-electron chi connectivity index (χ3n) is 4.00. The van der Waals surface area contributed by atoms with Crippen molar-refractivity contribution >= 4 is 18.0 Å². The van der Waals surface area contributed by atoms with Gasteiger partial charge in [0.2, 0.25) is 5.91 Å². The van der Waals surface area contributed by atoms with Crippen LogP contribution in [0.4, 0.5) is 0 Å². The fourth-order valence-electron chi connectivity index (χ4n) is 2.41. The lowest BCUT2D eigenvalue weighted by Gasteiger charge is -2.22. The molecule has 1 aromatic heterocycles. The van der Waals surface area contributed by atoms with Crippen LogP contribution in [0.15, 0.2) is 22.6 Å². The Hall–Kier alpha value is -2.04. The smallest absolute Gasteiger partial charge is 0.326 e. The molecule has 1 aromatic rings. The SMILES string of the molecule is CCC(C(=O)O)N(C)C(=O)C=Cc1ccc(C2CC2C)o1. The van der Waals surface area contributed by atoms with Crippen molar-refractivity contribution in [3.63, 3.8) is 0 Å². The number of hydrogen-bond donors (Lipinski definition) is 1. The van der Waals surface area contributed by atoms with E-state index in [1.807, 2.05) is 12.1 Å². The molecule has 2 rings (SSSR count). The van der Waals surface area contributed by atoms with Crippen molar-refractivity contribution in [2.24, 2.45) is 5.92 Å². The number of rotatable bonds is 6. The quantitative estimate of drug-likeness (QED) is 0.818. The Morgan fingerprint density at radius 3 is 2.71 bits per heavy atom. The van der Waals surface area contributed by atoms with Gasteiger partial charge in [-0.1, -0.05) is 13.8 Å². The third-order valence-corrected chi connectivity index (χ3v) is 4.00. The van der Waals surface area contributed by atoms with Gasteiger partial charge in [-0.05, 0) is 37.0 Å². The second kappa shape index (κ2) is 6.16. The van der Waals surface area contributed by atoms with Crippen molar-refractivity contribution in [2.75, 3.05) is 7.05 Å². The van der Waals surface area contributed by atoms with Gasteiger partial charge in [0.05, 0.1) is 0 Å². The number of aliphatic carboxylic acids is 1. The summed E-state index contributed by atoms with van der Waals surface area (Å²) in [6, 6.07) is 2.97. The highest BCUT2D eigenvalue weighted by Crippen LogP contribution is 2.47. The van der Waals surface area contributed by atoms with Gasteiger partial charge in [0.1, 0.15) is 17.6 Å². The maximum absolute atomic E-state index is 12.0. The zero-order valence-corrected chi connectivity index (χ0v) is 12.6. The molecule has 1 aliphatic carbocycles. The molecule has 1 aliphatic rings. The first kappa shape index (κ1) is 15.4. The molecule has 5 heteroatoms. The van der Waals surface area contributed by atoms with E-state index in [1.54, 1.807) is 13.0 Å². The summed E-state index contributed by atoms with van der Waals surface area (Å²) in [5.41, 5.74) is 0. The van der Waals surface area contributed by atoms with Crippen molar-refractivity contribution in [3.8, 4) is 0 Å². The summed E-state index contributed by atoms with van der Waals surface area (Å²) < 4.78 is 5.67. The van der Waals surface area contributed by atoms with Crippen LogP contribution < -0.4 is 0 Å². The van der Waals surface area contributed by atoms with Crippen molar-refractivity contribution in [3.05, 3.63) is 29.7 Å². The van der Waals surface area contributed by atoms with Crippen LogP contribution in [0.2, 0.25) is 0 Å². The Morgan fingerprint density at radius 2 is 2.19 bits per heavy atom. The Bertz CT molecular complexity index is 560. The normalized spacial score (nSPS) is 22.2. The number of carbonyl (C=O) groups excluding carboxylic acids is 1. The molecule has 3 atom stereocenters. The van der Waals surface area contributed by atoms with E-state index < -0.39 is 12.0 Å². The van der Waals surface area contributed by atoms with Crippen molar-refractivity contribution < 1.29 is 19.1 Å². The first-order valence-corrected chi connectivity index (χ1v) is 7.21. The zero-order chi connectivity index (χ0) is 15.6. The molecule has 1 amide bonds. The highest BCUT2D eigenvalue weighted by molar-refractivity contribution is 5.93. The van der Waals surface area contributed by atoms with Crippen molar-refractivity contribution in [2.45, 2.75) is 38.6 Å². The molecule has 114 valence electrons. The van der Waals surface area contributed by atoms with Crippen molar-refractivity contribution in [1.82, 2.24) is 4.90 Å². The molecule has 1 N–H and O–H groups in total. The lowest BCUT2D eigenvalue weighted by molar-refractivity contribution is -0.147. The first-order chi connectivity index (χ1) is 9.93. The number of nitrogens with zero attached hydrogens (tertiary/aromatic N) is 1. The van der Waals surface area contributed by atoms with Crippen molar-refractivity contribution in [1.29, 1.82) is 0 Å². The zero-order valence-electron chi connectivity index (χ0n) is 12.6. The van der Waals surface area contributed by atoms with Gasteiger partial charge in [-0.15, -0.1) is 0 Å². The van der Waals surface area contributed by atoms with Gasteiger partial charge in [0, 0.05) is 19.0 Å². The van der Waals surface area contributed by atoms with Gasteiger partial charge in [-0.2, -0.15) is 0 Å². The van der Waals surface area contributed by atoms with Crippen LogP contribution in [0.5, 0.6) is 0 Å². The number of hydrogen-bond acceptors (Lipinski definition) is 3. The summed E-state index contributed by atoms with van der Waals surface area (Å²) in [5.74, 6) is 1.41. The van der Waals surface area contributed by atoms with Gasteiger partial charge >= 0.3 is 5.97 Å². The molecule has 21 heavy (non-hydrogen) atoms. The van der Waals surface area contributed by atoms with E-state index in [-0.39, 0.29) is 5.91 Å². The molecule has 0 bridgehead atoms. The number of likely N-dealkylation sites (N-methyl/N-ethyl adjacent to an activating group) is 1. The lowest BCUT2D eigenvalue weighted by atomic mass is 10.2. The van der Waals surface area contributed by atoms with Crippen LogP contribution in [-0.4, -0.2) is 35.0 Å². The molecule has 1 fully saturated rings. The van der Waals surface area contributed by atoms with Crippen LogP contribution in [0.3, 0.4) is 0 Å². The highest BCUT2D eigenvalue weighted by Gasteiger charge is 2.36. The molecule has 0 aliphatic heterocycles. The third kappa shape index (κ3) is 3.54. The highest BCUT2D eigenvalue weighted by atomic mass is 16.4. The number of carboxylic acids is 1. The summed E-state index contributed by atoms with van der Waals surface area (Å²) in [6.07, 6.45) is 4.46. The molecule has 1 heterocycles. The maximum atomic E-state index is 12.0. The van der Waals surface area contributed by atoms with Crippen LogP contribution in [0.1, 0.15) is 44.1 Å². The number of amides is 1. The minimum Gasteiger partial charge on any atom is -0.480 e. The summed E-state index contributed by atoms with van der Waals surface area (Å²) in [5, 5.41) is 9.04. The summed E-state index contributed by atoms with van der Waals surface area (Å²) in [4.78, 5) is 24.2. The average Bonchev–Trinajstić information content (AvgIpc) is 2.99. The number of furan rings is 1. The fourth-order valence-corrected chi connectivity index (χ4v) is 2.41. The maximum Gasteiger partial charge on any atom is 0.326 e. The summed E-state index contributed by atoms with van der Waals surface area (Å²) in [7, 11) is 1.49. The molecule has 0 saturated heterocycles. The number of carboxylic acid groups (broad SMARTS) is 1. The Balaban J connectivity index is 1.98. The van der Waals surface area contributed by atoms with Crippen LogP contribution in [0, 0.1) is 5.92 Å². The van der Waals surface area contributed by atoms with E-state index in [4.69, 9.17) is 9.52 Å². The van der Waals surface area contributed by atoms with E-state index in [0.717, 1.165) is 12.2 Å². The molecule has 5 nitrogen and oxygen atoms in total. The molecule has 0 radical (unpaired) electrons. The molecule has 3 unspecified atom stereocenters. The van der Waals surface area contributed by atoms with Gasteiger partial charge in [0.25, 0.3) is 0 Å². The summed E-state index contributed by atoms with van der Waals surface area (Å²) in [6.45, 7) is 3.92. The van der Waals surface area contributed by atoms with Gasteiger partial charge in [-0.25, -0.2) is 4.79 Å². The first-order valence-electron chi connectivity index (χ1n) is 7.21. The predicted molar refractivity (Wildman–Crippen MR) is 78.7 cm³/mol. The predicted octanol–water partition coefficient (Wildman–Crippen LogP) is 2.74. The van der Waals surface area contributed by atoms with E-state index in [1.165, 1.54) is 18.0 Å². The standard InChI is InChI=1S/C16H21NO4/c1-4-13(16(19)20)17(3)15(18)8-6-11-5-7-14(21-11)12-9-10(12)2/h5-8,10,12-13H,4,9H2,1-3H3,(H,19,20). The Morgan fingerprint density at radius 1 is 1.52 bits per heavy atom. The Labute approximate surface area is 124 Å². The molecular formula is C16H21NO4. The minimum atomic E-state index is -0.996. The molecular weight excluding hydrogens is 270 g/mol. The fraction of sp³-hybridized carbons (Fsp3) is 0.500. The minimum absolute atomic E-state index is 0.345. The lowest BCUT2D eigenvalue weighted by Crippen LogP contribution is -2.41. The monoisotopic (exact) mass is 291 g/mol. The largest absolute Gasteiger partial charge is 0.480 e. The van der Waals surface area contributed by atoms with Crippen LogP contribution in [-0.2, 0) is 9.59 Å². The van der Waals surface area contributed by atoms with Crippen LogP contribution >= 0.6 is 0 Å². The molecule has 1 saturated carbocycles. The molecule has 0 spiro atoms. The second-order valence-electron chi connectivity index (χ2n) is 5.60. The number of carbonyl (C=O) groups is 2. The van der Waals surface area contributed by atoms with E-state index in [9.17, 15) is 9.59 Å². The van der Waals surface area contributed by atoms with E-state index in [0.29, 0.717) is 24.0 Å². The Kier molecular flexibility index (Phi) is 4.50. The van der Waals surface area contributed by atoms with Gasteiger partial charge < -0.3 is 14.4 Å². The summed E-state index contributed by atoms with van der Waals surface area (Å²) >= 11 is 0. The second-order valence-corrected chi connectivity index (χ2v) is 5.60. The van der Waals surface area contributed by atoms with Gasteiger partial charge in [-0.3, -0.25) is 4.79 Å².